The fourth-order valence-electron chi connectivity index (χ4n) is 1.48. The van der Waals surface area contributed by atoms with Crippen LogP contribution >= 0.6 is 24.0 Å². The minimum absolute atomic E-state index is 0. The van der Waals surface area contributed by atoms with Crippen LogP contribution in [-0.4, -0.2) is 19.1 Å². The zero-order valence-electron chi connectivity index (χ0n) is 11.3. The monoisotopic (exact) mass is 306 g/mol. The number of nitrogens with two attached hydrogens (primary N) is 1. The maximum Gasteiger partial charge on any atom is 0.224 e. The van der Waals surface area contributed by atoms with Gasteiger partial charge < -0.3 is 15.8 Å². The second-order valence-corrected chi connectivity index (χ2v) is 4.69. The molecule has 1 aromatic rings. The first-order chi connectivity index (χ1) is 8.47. The van der Waals surface area contributed by atoms with Crippen LogP contribution in [0.1, 0.15) is 19.4 Å². The van der Waals surface area contributed by atoms with Crippen molar-refractivity contribution in [3.05, 3.63) is 28.8 Å². The minimum atomic E-state index is -0.238. The summed E-state index contributed by atoms with van der Waals surface area (Å²) in [5, 5.41) is 3.38. The molecule has 0 radical (unpaired) electrons. The van der Waals surface area contributed by atoms with Gasteiger partial charge in [0.1, 0.15) is 5.75 Å². The molecule has 108 valence electrons. The van der Waals surface area contributed by atoms with Gasteiger partial charge in [0.2, 0.25) is 5.91 Å². The van der Waals surface area contributed by atoms with Gasteiger partial charge in [-0.15, -0.1) is 12.4 Å². The molecular formula is C13H20Cl2N2O2. The molecule has 3 N–H and O–H groups in total. The molecule has 0 heterocycles. The van der Waals surface area contributed by atoms with Crippen molar-refractivity contribution in [3.63, 3.8) is 0 Å². The average Bonchev–Trinajstić information content (AvgIpc) is 2.35. The van der Waals surface area contributed by atoms with Crippen molar-refractivity contribution in [2.75, 3.05) is 7.11 Å². The molecule has 0 saturated carbocycles. The van der Waals surface area contributed by atoms with Crippen LogP contribution in [0.15, 0.2) is 18.2 Å². The van der Waals surface area contributed by atoms with Crippen LogP contribution in [0, 0.1) is 5.92 Å². The van der Waals surface area contributed by atoms with Crippen LogP contribution in [0.5, 0.6) is 5.75 Å². The Labute approximate surface area is 125 Å². The summed E-state index contributed by atoms with van der Waals surface area (Å²) in [7, 11) is 1.57. The molecule has 1 amide bonds. The van der Waals surface area contributed by atoms with Gasteiger partial charge in [-0.1, -0.05) is 24.6 Å². The zero-order valence-corrected chi connectivity index (χ0v) is 12.8. The molecule has 0 aromatic heterocycles. The molecule has 0 aliphatic heterocycles. The number of halogens is 2. The highest BCUT2D eigenvalue weighted by molar-refractivity contribution is 6.31. The van der Waals surface area contributed by atoms with E-state index in [-0.39, 0.29) is 30.3 Å². The molecule has 0 aliphatic rings. The van der Waals surface area contributed by atoms with Crippen molar-refractivity contribution in [2.24, 2.45) is 11.7 Å². The van der Waals surface area contributed by atoms with E-state index in [1.807, 2.05) is 6.07 Å². The predicted octanol–water partition coefficient (Wildman–Crippen LogP) is 2.37. The van der Waals surface area contributed by atoms with E-state index < -0.39 is 0 Å². The van der Waals surface area contributed by atoms with Gasteiger partial charge in [0.05, 0.1) is 7.11 Å². The van der Waals surface area contributed by atoms with E-state index in [1.165, 1.54) is 0 Å². The molecule has 2 unspecified atom stereocenters. The highest BCUT2D eigenvalue weighted by Gasteiger charge is 2.17. The Kier molecular flexibility index (Phi) is 7.83. The molecule has 6 heteroatoms. The van der Waals surface area contributed by atoms with Crippen LogP contribution in [0.4, 0.5) is 0 Å². The summed E-state index contributed by atoms with van der Waals surface area (Å²) in [5.41, 5.74) is 6.45. The molecular weight excluding hydrogens is 287 g/mol. The van der Waals surface area contributed by atoms with Gasteiger partial charge in [-0.3, -0.25) is 4.79 Å². The van der Waals surface area contributed by atoms with E-state index in [4.69, 9.17) is 22.1 Å². The van der Waals surface area contributed by atoms with Crippen molar-refractivity contribution in [1.82, 2.24) is 5.32 Å². The first-order valence-corrected chi connectivity index (χ1v) is 6.19. The number of ether oxygens (including phenoxy) is 1. The molecule has 4 nitrogen and oxygen atoms in total. The molecule has 1 aromatic carbocycles. The maximum absolute atomic E-state index is 11.8. The Bertz CT molecular complexity index is 425. The molecule has 0 bridgehead atoms. The summed E-state index contributed by atoms with van der Waals surface area (Å²) in [6.45, 7) is 3.93. The molecule has 0 aliphatic carbocycles. The number of hydrogen-bond donors (Lipinski definition) is 2. The van der Waals surface area contributed by atoms with Gasteiger partial charge in [-0.2, -0.15) is 0 Å². The van der Waals surface area contributed by atoms with Crippen molar-refractivity contribution in [1.29, 1.82) is 0 Å². The molecule has 0 saturated heterocycles. The SMILES string of the molecule is COc1cccc(Cl)c1CNC(=O)C(C)C(C)N.Cl. The Morgan fingerprint density at radius 3 is 2.63 bits per heavy atom. The number of methoxy groups -OCH3 is 1. The van der Waals surface area contributed by atoms with Crippen LogP contribution in [0.2, 0.25) is 5.02 Å². The smallest absolute Gasteiger partial charge is 0.224 e. The van der Waals surface area contributed by atoms with Crippen molar-refractivity contribution in [2.45, 2.75) is 26.4 Å². The number of rotatable bonds is 5. The lowest BCUT2D eigenvalue weighted by molar-refractivity contribution is -0.125. The summed E-state index contributed by atoms with van der Waals surface area (Å²) >= 11 is 6.08. The summed E-state index contributed by atoms with van der Waals surface area (Å²) in [6.07, 6.45) is 0. The predicted molar refractivity (Wildman–Crippen MR) is 79.9 cm³/mol. The molecule has 1 rings (SSSR count). The van der Waals surface area contributed by atoms with E-state index in [0.29, 0.717) is 17.3 Å². The van der Waals surface area contributed by atoms with Gasteiger partial charge in [0, 0.05) is 29.1 Å². The van der Waals surface area contributed by atoms with Crippen LogP contribution in [0.3, 0.4) is 0 Å². The van der Waals surface area contributed by atoms with Gasteiger partial charge in [-0.05, 0) is 19.1 Å². The van der Waals surface area contributed by atoms with E-state index in [2.05, 4.69) is 5.32 Å². The van der Waals surface area contributed by atoms with Crippen LogP contribution in [-0.2, 0) is 11.3 Å². The van der Waals surface area contributed by atoms with E-state index in [0.717, 1.165) is 5.56 Å². The highest BCUT2D eigenvalue weighted by Crippen LogP contribution is 2.25. The summed E-state index contributed by atoms with van der Waals surface area (Å²) < 4.78 is 5.21. The maximum atomic E-state index is 11.8. The lowest BCUT2D eigenvalue weighted by atomic mass is 10.0. The quantitative estimate of drug-likeness (QED) is 0.878. The normalized spacial score (nSPS) is 13.1. The Morgan fingerprint density at radius 1 is 1.47 bits per heavy atom. The second kappa shape index (κ2) is 8.25. The Balaban J connectivity index is 0.00000324. The first kappa shape index (κ1) is 18.0. The highest BCUT2D eigenvalue weighted by atomic mass is 35.5. The van der Waals surface area contributed by atoms with E-state index in [9.17, 15) is 4.79 Å². The third-order valence-corrected chi connectivity index (χ3v) is 3.29. The van der Waals surface area contributed by atoms with Crippen LogP contribution < -0.4 is 15.8 Å². The Morgan fingerprint density at radius 2 is 2.11 bits per heavy atom. The number of benzene rings is 1. The van der Waals surface area contributed by atoms with Gasteiger partial charge in [0.25, 0.3) is 0 Å². The topological polar surface area (TPSA) is 64.3 Å². The van der Waals surface area contributed by atoms with Crippen LogP contribution in [0.25, 0.3) is 0 Å². The zero-order chi connectivity index (χ0) is 13.7. The molecule has 0 spiro atoms. The van der Waals surface area contributed by atoms with Crippen molar-refractivity contribution < 1.29 is 9.53 Å². The average molecular weight is 307 g/mol. The van der Waals surface area contributed by atoms with Crippen molar-refractivity contribution in [3.8, 4) is 5.75 Å². The fraction of sp³-hybridized carbons (Fsp3) is 0.462. The number of hydrogen-bond acceptors (Lipinski definition) is 3. The third-order valence-electron chi connectivity index (χ3n) is 2.94. The van der Waals surface area contributed by atoms with E-state index >= 15 is 0 Å². The van der Waals surface area contributed by atoms with Gasteiger partial charge >= 0.3 is 0 Å². The fourth-order valence-corrected chi connectivity index (χ4v) is 1.71. The van der Waals surface area contributed by atoms with Gasteiger partial charge in [0.15, 0.2) is 0 Å². The second-order valence-electron chi connectivity index (χ2n) is 4.29. The van der Waals surface area contributed by atoms with E-state index in [1.54, 1.807) is 33.1 Å². The standard InChI is InChI=1S/C13H19ClN2O2.ClH/c1-8(9(2)15)13(17)16-7-10-11(14)5-4-6-12(10)18-3;/h4-6,8-9H,7,15H2,1-3H3,(H,16,17);1H. The molecule has 19 heavy (non-hydrogen) atoms. The number of carbonyl (C=O) groups excluding carboxylic acids is 1. The number of amides is 1. The largest absolute Gasteiger partial charge is 0.496 e. The lowest BCUT2D eigenvalue weighted by Gasteiger charge is -2.16. The minimum Gasteiger partial charge on any atom is -0.496 e. The summed E-state index contributed by atoms with van der Waals surface area (Å²) in [4.78, 5) is 11.8. The number of nitrogens with one attached hydrogen (secondary N) is 1. The Hall–Kier alpha value is -0.970. The third kappa shape index (κ3) is 4.90. The summed E-state index contributed by atoms with van der Waals surface area (Å²) in [5.74, 6) is 0.335. The lowest BCUT2D eigenvalue weighted by Crippen LogP contribution is -2.38. The molecule has 2 atom stereocenters. The molecule has 0 fully saturated rings. The van der Waals surface area contributed by atoms with Gasteiger partial charge in [-0.25, -0.2) is 0 Å². The summed E-state index contributed by atoms with van der Waals surface area (Å²) in [6, 6.07) is 5.19. The number of carbonyl (C=O) groups is 1. The first-order valence-electron chi connectivity index (χ1n) is 5.82. The van der Waals surface area contributed by atoms with Crippen molar-refractivity contribution >= 4 is 29.9 Å².